The van der Waals surface area contributed by atoms with E-state index in [2.05, 4.69) is 29.2 Å². The quantitative estimate of drug-likeness (QED) is 0.747. The summed E-state index contributed by atoms with van der Waals surface area (Å²) in [6.07, 6.45) is 3.43. The average Bonchev–Trinajstić information content (AvgIpc) is 3.08. The molecule has 0 radical (unpaired) electrons. The van der Waals surface area contributed by atoms with Crippen molar-refractivity contribution in [2.75, 3.05) is 17.7 Å². The summed E-state index contributed by atoms with van der Waals surface area (Å²) in [6, 6.07) is 9.52. The van der Waals surface area contributed by atoms with Gasteiger partial charge < -0.3 is 20.5 Å². The lowest BCUT2D eigenvalue weighted by atomic mass is 9.86. The van der Waals surface area contributed by atoms with E-state index < -0.39 is 0 Å². The lowest BCUT2D eigenvalue weighted by Crippen LogP contribution is -2.19. The first-order valence-electron chi connectivity index (χ1n) is 8.39. The highest BCUT2D eigenvalue weighted by molar-refractivity contribution is 5.67. The van der Waals surface area contributed by atoms with Gasteiger partial charge >= 0.3 is 0 Å². The number of aromatic nitrogens is 3. The second-order valence-electron chi connectivity index (χ2n) is 7.02. The zero-order valence-electron chi connectivity index (χ0n) is 15.0. The molecule has 0 fully saturated rings. The first-order valence-corrected chi connectivity index (χ1v) is 8.39. The second-order valence-corrected chi connectivity index (χ2v) is 7.02. The number of nitrogens with one attached hydrogen (secondary N) is 1. The van der Waals surface area contributed by atoms with Crippen LogP contribution in [0.15, 0.2) is 42.7 Å². The normalized spacial score (nSPS) is 14.6. The second kappa shape index (κ2) is 5.94. The fourth-order valence-corrected chi connectivity index (χ4v) is 3.08. The Morgan fingerprint density at radius 2 is 2.12 bits per heavy atom. The van der Waals surface area contributed by atoms with Gasteiger partial charge in [-0.1, -0.05) is 19.9 Å². The van der Waals surface area contributed by atoms with Crippen molar-refractivity contribution in [2.24, 2.45) is 7.05 Å². The number of nitrogens with two attached hydrogens (primary N) is 1. The van der Waals surface area contributed by atoms with E-state index >= 15 is 0 Å². The maximum Gasteiger partial charge on any atom is 0.219 e. The highest BCUT2D eigenvalue weighted by atomic mass is 16.5. The topological polar surface area (TPSA) is 87.2 Å². The summed E-state index contributed by atoms with van der Waals surface area (Å²) >= 11 is 0. The number of nitrogens with zero attached hydrogens (tertiary/aromatic N) is 3. The Balaban J connectivity index is 1.54. The van der Waals surface area contributed by atoms with Crippen molar-refractivity contribution in [3.63, 3.8) is 0 Å². The van der Waals surface area contributed by atoms with Crippen molar-refractivity contribution in [3.05, 3.63) is 48.3 Å². The van der Waals surface area contributed by atoms with E-state index in [-0.39, 0.29) is 5.41 Å². The number of pyridine rings is 1. The van der Waals surface area contributed by atoms with Crippen LogP contribution < -0.4 is 20.5 Å². The molecule has 1 aliphatic rings. The zero-order chi connectivity index (χ0) is 18.3. The molecule has 4 rings (SSSR count). The van der Waals surface area contributed by atoms with Crippen LogP contribution in [0.3, 0.4) is 0 Å². The van der Waals surface area contributed by atoms with Crippen LogP contribution >= 0.6 is 0 Å². The van der Waals surface area contributed by atoms with E-state index in [1.807, 2.05) is 37.4 Å². The molecule has 3 heterocycles. The highest BCUT2D eigenvalue weighted by Gasteiger charge is 2.35. The molecule has 134 valence electrons. The van der Waals surface area contributed by atoms with E-state index in [9.17, 15) is 0 Å². The van der Waals surface area contributed by atoms with E-state index in [4.69, 9.17) is 15.2 Å². The Labute approximate surface area is 151 Å². The number of benzene rings is 1. The number of nitrogen functional groups attached to an aromatic ring is 1. The Bertz CT molecular complexity index is 947. The molecule has 0 spiro atoms. The van der Waals surface area contributed by atoms with E-state index in [0.717, 1.165) is 22.7 Å². The van der Waals surface area contributed by atoms with Gasteiger partial charge in [0.05, 0.1) is 24.2 Å². The Morgan fingerprint density at radius 1 is 1.27 bits per heavy atom. The molecule has 0 bridgehead atoms. The molecule has 0 aliphatic carbocycles. The van der Waals surface area contributed by atoms with E-state index in [1.165, 1.54) is 0 Å². The van der Waals surface area contributed by atoms with Gasteiger partial charge in [-0.15, -0.1) is 0 Å². The Kier molecular flexibility index (Phi) is 3.72. The molecule has 0 saturated carbocycles. The molecular formula is C19H21N5O2. The van der Waals surface area contributed by atoms with Gasteiger partial charge in [0.2, 0.25) is 5.88 Å². The largest absolute Gasteiger partial charge is 0.492 e. The van der Waals surface area contributed by atoms with Crippen molar-refractivity contribution < 1.29 is 9.47 Å². The molecule has 7 nitrogen and oxygen atoms in total. The SMILES string of the molecule is Cn1cc(N)c(Nc2ccc(Oc3cccc4c3C(C)(C)CO4)nc2)n1. The third-order valence-electron chi connectivity index (χ3n) is 4.32. The van der Waals surface area contributed by atoms with Crippen molar-refractivity contribution >= 4 is 17.2 Å². The van der Waals surface area contributed by atoms with E-state index in [1.54, 1.807) is 17.1 Å². The predicted molar refractivity (Wildman–Crippen MR) is 100 cm³/mol. The number of rotatable bonds is 4. The van der Waals surface area contributed by atoms with Gasteiger partial charge in [0.1, 0.15) is 11.5 Å². The van der Waals surface area contributed by atoms with Gasteiger partial charge in [0, 0.05) is 30.3 Å². The van der Waals surface area contributed by atoms with Crippen LogP contribution in [0.4, 0.5) is 17.2 Å². The fourth-order valence-electron chi connectivity index (χ4n) is 3.08. The van der Waals surface area contributed by atoms with Crippen molar-refractivity contribution in [1.29, 1.82) is 0 Å². The number of hydrogen-bond acceptors (Lipinski definition) is 6. The molecule has 0 saturated heterocycles. The molecule has 1 aliphatic heterocycles. The minimum absolute atomic E-state index is 0.0933. The summed E-state index contributed by atoms with van der Waals surface area (Å²) in [5.74, 6) is 2.76. The third kappa shape index (κ3) is 2.92. The molecule has 3 aromatic rings. The minimum Gasteiger partial charge on any atom is -0.492 e. The number of anilines is 3. The molecule has 0 atom stereocenters. The number of fused-ring (bicyclic) bond motifs is 1. The number of hydrogen-bond donors (Lipinski definition) is 2. The molecule has 0 unspecified atom stereocenters. The zero-order valence-corrected chi connectivity index (χ0v) is 15.0. The lowest BCUT2D eigenvalue weighted by molar-refractivity contribution is 0.290. The first kappa shape index (κ1) is 16.3. The average molecular weight is 351 g/mol. The fraction of sp³-hybridized carbons (Fsp3) is 0.263. The van der Waals surface area contributed by atoms with Crippen LogP contribution in [0, 0.1) is 0 Å². The maximum atomic E-state index is 6.03. The summed E-state index contributed by atoms with van der Waals surface area (Å²) < 4.78 is 13.4. The van der Waals surface area contributed by atoms with E-state index in [0.29, 0.717) is 24.0 Å². The summed E-state index contributed by atoms with van der Waals surface area (Å²) in [5.41, 5.74) is 8.24. The first-order chi connectivity index (χ1) is 12.4. The van der Waals surface area contributed by atoms with Crippen LogP contribution in [0.1, 0.15) is 19.4 Å². The molecule has 2 aromatic heterocycles. The summed E-state index contributed by atoms with van der Waals surface area (Å²) in [5, 5.41) is 7.40. The maximum absolute atomic E-state index is 6.03. The van der Waals surface area contributed by atoms with Crippen molar-refractivity contribution in [2.45, 2.75) is 19.3 Å². The third-order valence-corrected chi connectivity index (χ3v) is 4.32. The van der Waals surface area contributed by atoms with Crippen LogP contribution in [-0.4, -0.2) is 21.4 Å². The Hall–Kier alpha value is -3.22. The summed E-state index contributed by atoms with van der Waals surface area (Å²) in [7, 11) is 1.82. The number of aryl methyl sites for hydroxylation is 1. The van der Waals surface area contributed by atoms with Gasteiger partial charge in [-0.25, -0.2) is 4.98 Å². The smallest absolute Gasteiger partial charge is 0.219 e. The predicted octanol–water partition coefficient (Wildman–Crippen LogP) is 3.60. The highest BCUT2D eigenvalue weighted by Crippen LogP contribution is 2.45. The molecule has 7 heteroatoms. The summed E-state index contributed by atoms with van der Waals surface area (Å²) in [4.78, 5) is 4.38. The van der Waals surface area contributed by atoms with Crippen LogP contribution in [0.5, 0.6) is 17.4 Å². The van der Waals surface area contributed by atoms with Crippen molar-refractivity contribution in [1.82, 2.24) is 14.8 Å². The van der Waals surface area contributed by atoms with Crippen LogP contribution in [0.25, 0.3) is 0 Å². The molecule has 1 aromatic carbocycles. The van der Waals surface area contributed by atoms with Crippen molar-refractivity contribution in [3.8, 4) is 17.4 Å². The van der Waals surface area contributed by atoms with Gasteiger partial charge in [0.25, 0.3) is 0 Å². The summed E-state index contributed by atoms with van der Waals surface area (Å²) in [6.45, 7) is 4.93. The van der Waals surface area contributed by atoms with Crippen LogP contribution in [0.2, 0.25) is 0 Å². The molecule has 0 amide bonds. The van der Waals surface area contributed by atoms with Crippen LogP contribution in [-0.2, 0) is 12.5 Å². The monoisotopic (exact) mass is 351 g/mol. The van der Waals surface area contributed by atoms with Gasteiger partial charge in [-0.3, -0.25) is 4.68 Å². The Morgan fingerprint density at radius 3 is 2.81 bits per heavy atom. The molecular weight excluding hydrogens is 330 g/mol. The van der Waals surface area contributed by atoms with Gasteiger partial charge in [0.15, 0.2) is 5.82 Å². The molecule has 26 heavy (non-hydrogen) atoms. The van der Waals surface area contributed by atoms with Gasteiger partial charge in [-0.05, 0) is 18.2 Å². The molecule has 3 N–H and O–H groups in total. The standard InChI is InChI=1S/C19H21N5O2/c1-19(2)11-25-14-5-4-6-15(17(14)19)26-16-8-7-12(9-21-16)22-18-13(20)10-24(3)23-18/h4-10H,11,20H2,1-3H3,(H,22,23). The minimum atomic E-state index is -0.0933. The number of ether oxygens (including phenoxy) is 2. The lowest BCUT2D eigenvalue weighted by Gasteiger charge is -2.18. The van der Waals surface area contributed by atoms with Gasteiger partial charge in [-0.2, -0.15) is 5.10 Å².